The number of halogens is 2. The van der Waals surface area contributed by atoms with E-state index in [2.05, 4.69) is 20.2 Å². The fourth-order valence-corrected chi connectivity index (χ4v) is 2.68. The number of carboxylic acid groups (broad SMARTS) is 1. The zero-order valence-corrected chi connectivity index (χ0v) is 14.2. The number of hydrogen-bond acceptors (Lipinski definition) is 5. The van der Waals surface area contributed by atoms with Crippen molar-refractivity contribution >= 4 is 28.6 Å². The zero-order valence-electron chi connectivity index (χ0n) is 13.4. The minimum atomic E-state index is -1.15. The van der Waals surface area contributed by atoms with Crippen LogP contribution in [0, 0.1) is 5.82 Å². The quantitative estimate of drug-likeness (QED) is 0.550. The normalized spacial score (nSPS) is 11.2. The van der Waals surface area contributed by atoms with Crippen LogP contribution in [0.4, 0.5) is 4.39 Å². The molecule has 0 spiro atoms. The van der Waals surface area contributed by atoms with Crippen LogP contribution < -0.4 is 5.56 Å². The number of nitrogens with zero attached hydrogens (tertiary/aromatic N) is 5. The molecule has 1 aromatic carbocycles. The molecule has 0 bridgehead atoms. The summed E-state index contributed by atoms with van der Waals surface area (Å²) in [6, 6.07) is 4.29. The van der Waals surface area contributed by atoms with E-state index >= 15 is 0 Å². The van der Waals surface area contributed by atoms with E-state index in [0.717, 1.165) is 10.9 Å². The van der Waals surface area contributed by atoms with Gasteiger partial charge in [0, 0.05) is 16.8 Å². The highest BCUT2D eigenvalue weighted by Crippen LogP contribution is 2.16. The third kappa shape index (κ3) is 3.17. The van der Waals surface area contributed by atoms with Gasteiger partial charge in [0.05, 0.1) is 24.5 Å². The van der Waals surface area contributed by atoms with Crippen LogP contribution in [0.5, 0.6) is 0 Å². The molecule has 0 saturated heterocycles. The highest BCUT2D eigenvalue weighted by atomic mass is 35.5. The Morgan fingerprint density at radius 2 is 2.15 bits per heavy atom. The standard InChI is InChI=1S/C16H10ClFN6O3/c17-10-2-1-8(11(18)3-10)5-23-7-12-13(22-23)14(25)21-16(20-12)24-6-9(4-19-24)15(26)27/h1-4,6-7H,5H2,(H,26,27)(H,20,21,25). The van der Waals surface area contributed by atoms with Crippen molar-refractivity contribution in [3.8, 4) is 5.95 Å². The Morgan fingerprint density at radius 3 is 2.85 bits per heavy atom. The molecule has 4 aromatic rings. The third-order valence-electron chi connectivity index (χ3n) is 3.80. The third-order valence-corrected chi connectivity index (χ3v) is 4.04. The fourth-order valence-electron chi connectivity index (χ4n) is 2.52. The largest absolute Gasteiger partial charge is 0.478 e. The first-order valence-corrected chi connectivity index (χ1v) is 7.98. The van der Waals surface area contributed by atoms with Crippen LogP contribution >= 0.6 is 11.6 Å². The number of nitrogens with one attached hydrogen (secondary N) is 1. The summed E-state index contributed by atoms with van der Waals surface area (Å²) in [5.74, 6) is -1.60. The number of hydrogen-bond donors (Lipinski definition) is 2. The SMILES string of the molecule is O=C(O)c1cnn(-c2nc3cn(Cc4ccc(Cl)cc4F)nc3c(=O)[nH]2)c1. The van der Waals surface area contributed by atoms with E-state index in [1.165, 1.54) is 29.2 Å². The van der Waals surface area contributed by atoms with Gasteiger partial charge in [-0.1, -0.05) is 17.7 Å². The van der Waals surface area contributed by atoms with Gasteiger partial charge >= 0.3 is 5.97 Å². The molecule has 2 N–H and O–H groups in total. The van der Waals surface area contributed by atoms with Gasteiger partial charge in [0.2, 0.25) is 5.95 Å². The van der Waals surface area contributed by atoms with Crippen LogP contribution in [0.1, 0.15) is 15.9 Å². The molecular weight excluding hydrogens is 379 g/mol. The minimum Gasteiger partial charge on any atom is -0.478 e. The smallest absolute Gasteiger partial charge is 0.338 e. The van der Waals surface area contributed by atoms with Crippen molar-refractivity contribution in [1.82, 2.24) is 29.5 Å². The van der Waals surface area contributed by atoms with E-state index in [1.807, 2.05) is 0 Å². The average molecular weight is 389 g/mol. The lowest BCUT2D eigenvalue weighted by Gasteiger charge is -2.03. The molecule has 0 radical (unpaired) electrons. The molecule has 0 aliphatic carbocycles. The predicted molar refractivity (Wildman–Crippen MR) is 92.7 cm³/mol. The number of rotatable bonds is 4. The number of H-pyrrole nitrogens is 1. The molecule has 3 heterocycles. The Morgan fingerprint density at radius 1 is 1.33 bits per heavy atom. The molecular formula is C16H10ClFN6O3. The van der Waals surface area contributed by atoms with E-state index in [-0.39, 0.29) is 34.1 Å². The van der Waals surface area contributed by atoms with Gasteiger partial charge in [-0.2, -0.15) is 10.2 Å². The molecule has 0 saturated carbocycles. The molecule has 0 aliphatic rings. The Bertz CT molecular complexity index is 1240. The maximum atomic E-state index is 14.0. The second-order valence-electron chi connectivity index (χ2n) is 5.66. The lowest BCUT2D eigenvalue weighted by Crippen LogP contribution is -2.14. The Hall–Kier alpha value is -3.53. The van der Waals surface area contributed by atoms with E-state index in [1.54, 1.807) is 6.07 Å². The fraction of sp³-hybridized carbons (Fsp3) is 0.0625. The van der Waals surface area contributed by atoms with Crippen molar-refractivity contribution in [1.29, 1.82) is 0 Å². The number of aromatic amines is 1. The summed E-state index contributed by atoms with van der Waals surface area (Å²) < 4.78 is 16.5. The lowest BCUT2D eigenvalue weighted by atomic mass is 10.2. The van der Waals surface area contributed by atoms with E-state index < -0.39 is 17.3 Å². The number of aromatic carboxylic acids is 1. The van der Waals surface area contributed by atoms with Crippen LogP contribution in [0.3, 0.4) is 0 Å². The van der Waals surface area contributed by atoms with Gasteiger partial charge in [-0.25, -0.2) is 18.9 Å². The summed E-state index contributed by atoms with van der Waals surface area (Å²) in [6.07, 6.45) is 3.85. The van der Waals surface area contributed by atoms with Gasteiger partial charge < -0.3 is 5.11 Å². The molecule has 9 nitrogen and oxygen atoms in total. The highest BCUT2D eigenvalue weighted by molar-refractivity contribution is 6.30. The molecule has 0 fully saturated rings. The summed E-state index contributed by atoms with van der Waals surface area (Å²) in [4.78, 5) is 29.9. The van der Waals surface area contributed by atoms with E-state index in [0.29, 0.717) is 5.56 Å². The minimum absolute atomic E-state index is 0.0391. The van der Waals surface area contributed by atoms with Gasteiger partial charge in [-0.15, -0.1) is 0 Å². The number of fused-ring (bicyclic) bond motifs is 1. The number of aromatic nitrogens is 6. The topological polar surface area (TPSA) is 119 Å². The number of benzene rings is 1. The van der Waals surface area contributed by atoms with E-state index in [9.17, 15) is 14.0 Å². The summed E-state index contributed by atoms with van der Waals surface area (Å²) in [5, 5.41) is 17.2. The summed E-state index contributed by atoms with van der Waals surface area (Å²) >= 11 is 5.74. The summed E-state index contributed by atoms with van der Waals surface area (Å²) in [5.41, 5.74) is 0.0978. The van der Waals surface area contributed by atoms with Crippen molar-refractivity contribution in [3.05, 3.63) is 69.1 Å². The number of carboxylic acids is 1. The zero-order chi connectivity index (χ0) is 19.1. The predicted octanol–water partition coefficient (Wildman–Crippen LogP) is 1.84. The lowest BCUT2D eigenvalue weighted by molar-refractivity contribution is 0.0697. The molecule has 27 heavy (non-hydrogen) atoms. The molecule has 0 aliphatic heterocycles. The first-order chi connectivity index (χ1) is 12.9. The second kappa shape index (κ2) is 6.32. The van der Waals surface area contributed by atoms with Gasteiger partial charge in [0.15, 0.2) is 5.52 Å². The molecule has 4 rings (SSSR count). The Labute approximate surface area is 154 Å². The first-order valence-electron chi connectivity index (χ1n) is 7.60. The van der Waals surface area contributed by atoms with Gasteiger partial charge in [0.25, 0.3) is 5.56 Å². The van der Waals surface area contributed by atoms with Gasteiger partial charge in [0.1, 0.15) is 11.3 Å². The van der Waals surface area contributed by atoms with E-state index in [4.69, 9.17) is 16.7 Å². The molecule has 3 aromatic heterocycles. The van der Waals surface area contributed by atoms with Crippen LogP contribution in [-0.4, -0.2) is 40.6 Å². The molecule has 0 unspecified atom stereocenters. The van der Waals surface area contributed by atoms with Gasteiger partial charge in [-0.05, 0) is 12.1 Å². The van der Waals surface area contributed by atoms with Crippen LogP contribution in [-0.2, 0) is 6.54 Å². The second-order valence-corrected chi connectivity index (χ2v) is 6.10. The van der Waals surface area contributed by atoms with Crippen LogP contribution in [0.25, 0.3) is 17.0 Å². The molecule has 136 valence electrons. The van der Waals surface area contributed by atoms with Gasteiger partial charge in [-0.3, -0.25) is 14.5 Å². The molecule has 11 heteroatoms. The first kappa shape index (κ1) is 16.9. The maximum Gasteiger partial charge on any atom is 0.338 e. The number of carbonyl (C=O) groups is 1. The van der Waals surface area contributed by atoms with Crippen molar-refractivity contribution in [2.45, 2.75) is 6.54 Å². The molecule has 0 amide bonds. The molecule has 0 atom stereocenters. The van der Waals surface area contributed by atoms with Crippen LogP contribution in [0.2, 0.25) is 5.02 Å². The Kier molecular flexibility index (Phi) is 3.96. The highest BCUT2D eigenvalue weighted by Gasteiger charge is 2.13. The monoisotopic (exact) mass is 388 g/mol. The maximum absolute atomic E-state index is 14.0. The van der Waals surface area contributed by atoms with Crippen molar-refractivity contribution in [3.63, 3.8) is 0 Å². The summed E-state index contributed by atoms with van der Waals surface area (Å²) in [7, 11) is 0. The van der Waals surface area contributed by atoms with Crippen molar-refractivity contribution < 1.29 is 14.3 Å². The summed E-state index contributed by atoms with van der Waals surface area (Å²) in [6.45, 7) is 0.0824. The van der Waals surface area contributed by atoms with Crippen molar-refractivity contribution in [2.75, 3.05) is 0 Å². The Balaban J connectivity index is 1.72. The van der Waals surface area contributed by atoms with Crippen molar-refractivity contribution in [2.24, 2.45) is 0 Å². The average Bonchev–Trinajstić information content (AvgIpc) is 3.24. The van der Waals surface area contributed by atoms with Crippen LogP contribution in [0.15, 0.2) is 41.6 Å².